The van der Waals surface area contributed by atoms with Gasteiger partial charge >= 0.3 is 0 Å². The normalized spacial score (nSPS) is 11.4. The first kappa shape index (κ1) is 14.9. The fourth-order valence-corrected chi connectivity index (χ4v) is 2.99. The molecule has 0 aliphatic rings. The number of nitrogens with one attached hydrogen (secondary N) is 1. The fourth-order valence-electron chi connectivity index (χ4n) is 2.77. The van der Waals surface area contributed by atoms with Crippen molar-refractivity contribution in [3.05, 3.63) is 64.8 Å². The van der Waals surface area contributed by atoms with Gasteiger partial charge in [0, 0.05) is 35.2 Å². The van der Waals surface area contributed by atoms with Crippen LogP contribution in [-0.2, 0) is 13.1 Å². The van der Waals surface area contributed by atoms with Gasteiger partial charge in [-0.05, 0) is 41.9 Å². The highest BCUT2D eigenvalue weighted by molar-refractivity contribution is 6.30. The van der Waals surface area contributed by atoms with Crippen LogP contribution in [-0.4, -0.2) is 21.5 Å². The maximum atomic E-state index is 10.1. The Bertz CT molecular complexity index is 782. The molecule has 2 aromatic carbocycles. The fraction of sp³-hybridized carbons (Fsp3) is 0.222. The van der Waals surface area contributed by atoms with E-state index in [1.54, 1.807) is 6.07 Å². The van der Waals surface area contributed by atoms with Crippen LogP contribution < -0.4 is 0 Å². The highest BCUT2D eigenvalue weighted by Gasteiger charge is 2.12. The van der Waals surface area contributed by atoms with Crippen LogP contribution in [0, 0.1) is 0 Å². The molecule has 1 aromatic heterocycles. The molecule has 0 amide bonds. The minimum absolute atomic E-state index is 0.326. The lowest BCUT2D eigenvalue weighted by molar-refractivity contribution is 0.272. The average molecular weight is 315 g/mol. The third-order valence-electron chi connectivity index (χ3n) is 3.90. The van der Waals surface area contributed by atoms with Crippen LogP contribution in [0.2, 0.25) is 5.02 Å². The summed E-state index contributed by atoms with van der Waals surface area (Å²) in [4.78, 5) is 5.54. The van der Waals surface area contributed by atoms with Gasteiger partial charge in [0.25, 0.3) is 0 Å². The van der Waals surface area contributed by atoms with Crippen molar-refractivity contribution in [1.82, 2.24) is 9.88 Å². The predicted octanol–water partition coefficient (Wildman–Crippen LogP) is 4.55. The first-order valence-corrected chi connectivity index (χ1v) is 7.80. The molecule has 2 N–H and O–H groups in total. The monoisotopic (exact) mass is 314 g/mol. The number of hydrogen-bond donors (Lipinski definition) is 2. The minimum atomic E-state index is 0.326. The summed E-state index contributed by atoms with van der Waals surface area (Å²) in [6.07, 6.45) is 1.98. The molecule has 0 radical (unpaired) electrons. The van der Waals surface area contributed by atoms with Crippen molar-refractivity contribution in [2.24, 2.45) is 0 Å². The largest absolute Gasteiger partial charge is 0.507 e. The van der Waals surface area contributed by atoms with Gasteiger partial charge in [-0.25, -0.2) is 0 Å². The van der Waals surface area contributed by atoms with Gasteiger partial charge < -0.3 is 10.1 Å². The number of hydrogen-bond acceptors (Lipinski definition) is 2. The van der Waals surface area contributed by atoms with E-state index in [0.29, 0.717) is 5.75 Å². The number of aromatic nitrogens is 1. The van der Waals surface area contributed by atoms with Gasteiger partial charge in [0.05, 0.1) is 0 Å². The number of aromatic hydroxyl groups is 1. The molecule has 0 aliphatic heterocycles. The number of H-pyrrole nitrogens is 1. The molecule has 0 fully saturated rings. The highest BCUT2D eigenvalue weighted by Crippen LogP contribution is 2.28. The van der Waals surface area contributed by atoms with Gasteiger partial charge in [0.15, 0.2) is 0 Å². The number of benzene rings is 2. The van der Waals surface area contributed by atoms with E-state index in [1.807, 2.05) is 36.5 Å². The number of phenols is 1. The number of halogens is 1. The lowest BCUT2D eigenvalue weighted by Gasteiger charge is -2.20. The maximum absolute atomic E-state index is 10.1. The number of aromatic amines is 1. The Morgan fingerprint density at radius 3 is 2.73 bits per heavy atom. The maximum Gasteiger partial charge on any atom is 0.125 e. The van der Waals surface area contributed by atoms with E-state index in [1.165, 1.54) is 5.56 Å². The third-order valence-corrected chi connectivity index (χ3v) is 4.14. The SMILES string of the molecule is CCN(Cc1cccc(Cl)c1)Cc1c[nH]c2cccc(O)c12. The van der Waals surface area contributed by atoms with E-state index in [0.717, 1.165) is 41.1 Å². The molecule has 0 saturated heterocycles. The molecule has 3 rings (SSSR count). The average Bonchev–Trinajstić information content (AvgIpc) is 2.91. The summed E-state index contributed by atoms with van der Waals surface area (Å²) >= 11 is 6.06. The van der Waals surface area contributed by atoms with Crippen molar-refractivity contribution in [3.8, 4) is 5.75 Å². The second-order valence-electron chi connectivity index (χ2n) is 5.45. The van der Waals surface area contributed by atoms with E-state index in [9.17, 15) is 5.11 Å². The Balaban J connectivity index is 1.82. The summed E-state index contributed by atoms with van der Waals surface area (Å²) in [5, 5.41) is 11.8. The first-order valence-electron chi connectivity index (χ1n) is 7.42. The van der Waals surface area contributed by atoms with Gasteiger partial charge in [0.1, 0.15) is 5.75 Å². The van der Waals surface area contributed by atoms with Gasteiger partial charge in [-0.1, -0.05) is 36.7 Å². The van der Waals surface area contributed by atoms with E-state index in [-0.39, 0.29) is 0 Å². The van der Waals surface area contributed by atoms with Gasteiger partial charge in [-0.15, -0.1) is 0 Å². The van der Waals surface area contributed by atoms with Crippen LogP contribution >= 0.6 is 11.6 Å². The van der Waals surface area contributed by atoms with Crippen LogP contribution in [0.5, 0.6) is 5.75 Å². The molecule has 0 spiro atoms. The van der Waals surface area contributed by atoms with Crippen molar-refractivity contribution < 1.29 is 5.11 Å². The molecule has 0 atom stereocenters. The molecule has 4 heteroatoms. The number of phenolic OH excluding ortho intramolecular Hbond substituents is 1. The van der Waals surface area contributed by atoms with Crippen molar-refractivity contribution in [2.45, 2.75) is 20.0 Å². The molecule has 0 aliphatic carbocycles. The summed E-state index contributed by atoms with van der Waals surface area (Å²) in [5.41, 5.74) is 3.27. The van der Waals surface area contributed by atoms with E-state index >= 15 is 0 Å². The molecule has 114 valence electrons. The van der Waals surface area contributed by atoms with Gasteiger partial charge in [0.2, 0.25) is 0 Å². The van der Waals surface area contributed by atoms with Crippen LogP contribution in [0.1, 0.15) is 18.1 Å². The minimum Gasteiger partial charge on any atom is -0.507 e. The van der Waals surface area contributed by atoms with Crippen molar-refractivity contribution in [3.63, 3.8) is 0 Å². The molecular weight excluding hydrogens is 296 g/mol. The zero-order valence-corrected chi connectivity index (χ0v) is 13.3. The molecule has 1 heterocycles. The summed E-state index contributed by atoms with van der Waals surface area (Å²) in [7, 11) is 0. The third kappa shape index (κ3) is 3.11. The number of nitrogens with zero attached hydrogens (tertiary/aromatic N) is 1. The van der Waals surface area contributed by atoms with Crippen LogP contribution in [0.3, 0.4) is 0 Å². The van der Waals surface area contributed by atoms with Gasteiger partial charge in [-0.2, -0.15) is 0 Å². The van der Waals surface area contributed by atoms with Crippen molar-refractivity contribution >= 4 is 22.5 Å². The quantitative estimate of drug-likeness (QED) is 0.725. The van der Waals surface area contributed by atoms with E-state index in [2.05, 4.69) is 22.9 Å². The van der Waals surface area contributed by atoms with Crippen LogP contribution in [0.4, 0.5) is 0 Å². The standard InChI is InChI=1S/C18H19ClN2O/c1-2-21(11-13-5-3-6-15(19)9-13)12-14-10-20-16-7-4-8-17(22)18(14)16/h3-10,20,22H,2,11-12H2,1H3. The zero-order chi connectivity index (χ0) is 15.5. The van der Waals surface area contributed by atoms with Gasteiger partial charge in [-0.3, -0.25) is 4.90 Å². The predicted molar refractivity (Wildman–Crippen MR) is 91.2 cm³/mol. The highest BCUT2D eigenvalue weighted by atomic mass is 35.5. The number of fused-ring (bicyclic) bond motifs is 1. The molecule has 3 aromatic rings. The molecule has 0 bridgehead atoms. The molecule has 3 nitrogen and oxygen atoms in total. The van der Waals surface area contributed by atoms with Crippen LogP contribution in [0.25, 0.3) is 10.9 Å². The topological polar surface area (TPSA) is 39.3 Å². The Morgan fingerprint density at radius 2 is 1.95 bits per heavy atom. The van der Waals surface area contributed by atoms with E-state index in [4.69, 9.17) is 11.6 Å². The summed E-state index contributed by atoms with van der Waals surface area (Å²) in [6, 6.07) is 13.5. The number of rotatable bonds is 5. The van der Waals surface area contributed by atoms with Crippen molar-refractivity contribution in [2.75, 3.05) is 6.54 Å². The Hall–Kier alpha value is -1.97. The smallest absolute Gasteiger partial charge is 0.125 e. The Kier molecular flexibility index (Phi) is 4.36. The van der Waals surface area contributed by atoms with E-state index < -0.39 is 0 Å². The Morgan fingerprint density at radius 1 is 1.14 bits per heavy atom. The Labute approximate surface area is 135 Å². The zero-order valence-electron chi connectivity index (χ0n) is 12.5. The first-order chi connectivity index (χ1) is 10.7. The lowest BCUT2D eigenvalue weighted by atomic mass is 10.1. The molecule has 22 heavy (non-hydrogen) atoms. The second kappa shape index (κ2) is 6.42. The second-order valence-corrected chi connectivity index (χ2v) is 5.88. The lowest BCUT2D eigenvalue weighted by Crippen LogP contribution is -2.22. The summed E-state index contributed by atoms with van der Waals surface area (Å²) in [6.45, 7) is 4.67. The summed E-state index contributed by atoms with van der Waals surface area (Å²) in [5.74, 6) is 0.326. The van der Waals surface area contributed by atoms with Crippen LogP contribution in [0.15, 0.2) is 48.7 Å². The molecule has 0 unspecified atom stereocenters. The molecular formula is C18H19ClN2O. The summed E-state index contributed by atoms with van der Waals surface area (Å²) < 4.78 is 0. The molecule has 0 saturated carbocycles. The van der Waals surface area contributed by atoms with Crippen molar-refractivity contribution in [1.29, 1.82) is 0 Å².